The molecule has 3 aliphatic rings. The van der Waals surface area contributed by atoms with Gasteiger partial charge in [-0.05, 0) is 67.1 Å². The summed E-state index contributed by atoms with van der Waals surface area (Å²) in [6.07, 6.45) is 4.52. The van der Waals surface area contributed by atoms with E-state index in [1.165, 1.54) is 7.11 Å². The first kappa shape index (κ1) is 18.0. The summed E-state index contributed by atoms with van der Waals surface area (Å²) >= 11 is 0. The fourth-order valence-electron chi connectivity index (χ4n) is 6.09. The van der Waals surface area contributed by atoms with Crippen molar-refractivity contribution in [2.24, 2.45) is 17.3 Å². The second-order valence-electron chi connectivity index (χ2n) is 8.35. The van der Waals surface area contributed by atoms with Crippen LogP contribution in [0.5, 0.6) is 5.75 Å². The zero-order chi connectivity index (χ0) is 19.5. The van der Waals surface area contributed by atoms with E-state index in [1.54, 1.807) is 6.07 Å². The van der Waals surface area contributed by atoms with Crippen LogP contribution in [0.2, 0.25) is 0 Å². The van der Waals surface area contributed by atoms with Gasteiger partial charge in [-0.1, -0.05) is 6.92 Å². The number of carbonyl (C=O) groups is 3. The monoisotopic (exact) mass is 372 g/mol. The molecule has 3 aliphatic carbocycles. The van der Waals surface area contributed by atoms with Crippen molar-refractivity contribution >= 4 is 17.7 Å². The van der Waals surface area contributed by atoms with Crippen LogP contribution in [0.3, 0.4) is 0 Å². The van der Waals surface area contributed by atoms with Crippen LogP contribution in [-0.4, -0.2) is 35.0 Å². The van der Waals surface area contributed by atoms with E-state index in [2.05, 4.69) is 6.92 Å². The molecule has 0 radical (unpaired) electrons. The van der Waals surface area contributed by atoms with Gasteiger partial charge < -0.3 is 14.9 Å². The molecule has 0 bridgehead atoms. The smallest absolute Gasteiger partial charge is 0.340 e. The van der Waals surface area contributed by atoms with Crippen LogP contribution in [-0.2, 0) is 11.2 Å². The van der Waals surface area contributed by atoms with Crippen molar-refractivity contribution < 1.29 is 29.3 Å². The molecule has 1 aromatic carbocycles. The van der Waals surface area contributed by atoms with Crippen molar-refractivity contribution in [3.05, 3.63) is 28.3 Å². The molecule has 1 aromatic rings. The molecular formula is C21H24O6. The molecule has 6 heteroatoms. The molecule has 6 nitrogen and oxygen atoms in total. The largest absolute Gasteiger partial charge is 0.496 e. The predicted octanol–water partition coefficient (Wildman–Crippen LogP) is 3.52. The van der Waals surface area contributed by atoms with Gasteiger partial charge >= 0.3 is 11.9 Å². The number of methoxy groups -OCH3 is 1. The summed E-state index contributed by atoms with van der Waals surface area (Å²) in [5, 5.41) is 19.6. The Morgan fingerprint density at radius 2 is 1.81 bits per heavy atom. The molecule has 2 fully saturated rings. The molecule has 2 saturated carbocycles. The van der Waals surface area contributed by atoms with E-state index in [-0.39, 0.29) is 40.0 Å². The Hall–Kier alpha value is -2.37. The van der Waals surface area contributed by atoms with Gasteiger partial charge in [0.1, 0.15) is 17.1 Å². The van der Waals surface area contributed by atoms with Gasteiger partial charge in [-0.3, -0.25) is 4.79 Å². The SMILES string of the molecule is COc1cc2c(c(C(=O)O)c1C(=O)O)C1CCC3(C)C(=O)CCC3C1CC2. The molecule has 0 aliphatic heterocycles. The fourth-order valence-corrected chi connectivity index (χ4v) is 6.09. The number of fused-ring (bicyclic) bond motifs is 5. The normalized spacial score (nSPS) is 31.6. The lowest BCUT2D eigenvalue weighted by molar-refractivity contribution is -0.129. The van der Waals surface area contributed by atoms with E-state index in [0.717, 1.165) is 31.2 Å². The maximum Gasteiger partial charge on any atom is 0.340 e. The van der Waals surface area contributed by atoms with Crippen molar-refractivity contribution in [1.29, 1.82) is 0 Å². The third-order valence-corrected chi connectivity index (χ3v) is 7.33. The summed E-state index contributed by atoms with van der Waals surface area (Å²) in [5.74, 6) is -1.59. The summed E-state index contributed by atoms with van der Waals surface area (Å²) in [5.41, 5.74) is 0.853. The number of ketones is 1. The number of carbonyl (C=O) groups excluding carboxylic acids is 1. The second-order valence-corrected chi connectivity index (χ2v) is 8.35. The molecule has 27 heavy (non-hydrogen) atoms. The maximum absolute atomic E-state index is 12.5. The first-order chi connectivity index (χ1) is 12.8. The summed E-state index contributed by atoms with van der Waals surface area (Å²) in [6.45, 7) is 2.06. The number of aromatic carboxylic acids is 2. The van der Waals surface area contributed by atoms with Crippen LogP contribution in [0.25, 0.3) is 0 Å². The molecular weight excluding hydrogens is 348 g/mol. The molecule has 0 spiro atoms. The third-order valence-electron chi connectivity index (χ3n) is 7.33. The Morgan fingerprint density at radius 1 is 1.11 bits per heavy atom. The van der Waals surface area contributed by atoms with Crippen molar-refractivity contribution in [3.8, 4) is 5.75 Å². The molecule has 4 unspecified atom stereocenters. The molecule has 0 amide bonds. The van der Waals surface area contributed by atoms with E-state index in [0.29, 0.717) is 24.2 Å². The van der Waals surface area contributed by atoms with Gasteiger partial charge in [0, 0.05) is 11.8 Å². The average Bonchev–Trinajstić information content (AvgIpc) is 2.94. The number of hydrogen-bond donors (Lipinski definition) is 2. The topological polar surface area (TPSA) is 101 Å². The predicted molar refractivity (Wildman–Crippen MR) is 96.5 cm³/mol. The maximum atomic E-state index is 12.5. The highest BCUT2D eigenvalue weighted by molar-refractivity contribution is 6.05. The van der Waals surface area contributed by atoms with Crippen molar-refractivity contribution in [2.75, 3.05) is 7.11 Å². The molecule has 0 aromatic heterocycles. The van der Waals surface area contributed by atoms with Crippen LogP contribution in [0.15, 0.2) is 6.07 Å². The minimum Gasteiger partial charge on any atom is -0.496 e. The van der Waals surface area contributed by atoms with Crippen LogP contribution in [0, 0.1) is 17.3 Å². The van der Waals surface area contributed by atoms with Crippen LogP contribution in [0.1, 0.15) is 76.8 Å². The minimum absolute atomic E-state index is 0.00664. The van der Waals surface area contributed by atoms with E-state index in [9.17, 15) is 24.6 Å². The van der Waals surface area contributed by atoms with Gasteiger partial charge in [0.05, 0.1) is 12.7 Å². The van der Waals surface area contributed by atoms with Crippen LogP contribution < -0.4 is 4.74 Å². The number of hydrogen-bond acceptors (Lipinski definition) is 4. The van der Waals surface area contributed by atoms with Gasteiger partial charge in [-0.25, -0.2) is 9.59 Å². The van der Waals surface area contributed by atoms with Gasteiger partial charge in [-0.2, -0.15) is 0 Å². The van der Waals surface area contributed by atoms with Gasteiger partial charge in [-0.15, -0.1) is 0 Å². The highest BCUT2D eigenvalue weighted by Crippen LogP contribution is 2.60. The standard InChI is InChI=1S/C21H24O6/c1-21-8-7-12-11(13(21)5-6-15(21)22)4-3-10-9-14(27-2)17(19(23)24)18(16(10)12)20(25)26/h9,11-13H,3-8H2,1-2H3,(H,23,24)(H,25,26). The van der Waals surface area contributed by atoms with Crippen molar-refractivity contribution in [2.45, 2.75) is 51.4 Å². The average molecular weight is 372 g/mol. The molecule has 144 valence electrons. The number of rotatable bonds is 3. The fraction of sp³-hybridized carbons (Fsp3) is 0.571. The number of carboxylic acids is 2. The molecule has 0 saturated heterocycles. The quantitative estimate of drug-likeness (QED) is 0.842. The molecule has 0 heterocycles. The van der Waals surface area contributed by atoms with E-state index in [4.69, 9.17) is 4.74 Å². The zero-order valence-corrected chi connectivity index (χ0v) is 15.6. The third kappa shape index (κ3) is 2.42. The minimum atomic E-state index is -1.29. The highest BCUT2D eigenvalue weighted by atomic mass is 16.5. The molecule has 4 rings (SSSR count). The summed E-state index contributed by atoms with van der Waals surface area (Å²) in [6, 6.07) is 1.70. The van der Waals surface area contributed by atoms with E-state index < -0.39 is 11.9 Å². The van der Waals surface area contributed by atoms with Crippen molar-refractivity contribution in [1.82, 2.24) is 0 Å². The first-order valence-corrected chi connectivity index (χ1v) is 9.53. The summed E-state index contributed by atoms with van der Waals surface area (Å²) < 4.78 is 5.21. The Balaban J connectivity index is 1.89. The molecule has 4 atom stereocenters. The summed E-state index contributed by atoms with van der Waals surface area (Å²) in [4.78, 5) is 36.4. The Kier molecular flexibility index (Phi) is 4.05. The van der Waals surface area contributed by atoms with E-state index in [1.807, 2.05) is 0 Å². The first-order valence-electron chi connectivity index (χ1n) is 9.53. The number of Topliss-reactive ketones (excluding diaryl/α,β-unsaturated/α-hetero) is 1. The lowest BCUT2D eigenvalue weighted by Gasteiger charge is -2.48. The Morgan fingerprint density at radius 3 is 2.44 bits per heavy atom. The lowest BCUT2D eigenvalue weighted by Crippen LogP contribution is -2.43. The lowest BCUT2D eigenvalue weighted by atomic mass is 9.55. The number of aryl methyl sites for hydroxylation is 1. The zero-order valence-electron chi connectivity index (χ0n) is 15.6. The van der Waals surface area contributed by atoms with Gasteiger partial charge in [0.2, 0.25) is 0 Å². The number of benzene rings is 1. The van der Waals surface area contributed by atoms with Gasteiger partial charge in [0.25, 0.3) is 0 Å². The number of ether oxygens (including phenoxy) is 1. The van der Waals surface area contributed by atoms with E-state index >= 15 is 0 Å². The molecule has 2 N–H and O–H groups in total. The highest BCUT2D eigenvalue weighted by Gasteiger charge is 2.55. The van der Waals surface area contributed by atoms with Crippen LogP contribution >= 0.6 is 0 Å². The van der Waals surface area contributed by atoms with Crippen molar-refractivity contribution in [3.63, 3.8) is 0 Å². The number of carboxylic acid groups (broad SMARTS) is 2. The van der Waals surface area contributed by atoms with Gasteiger partial charge in [0.15, 0.2) is 0 Å². The van der Waals surface area contributed by atoms with Crippen LogP contribution in [0.4, 0.5) is 0 Å². The Labute approximate surface area is 157 Å². The summed E-state index contributed by atoms with van der Waals surface area (Å²) in [7, 11) is 1.36. The Bertz CT molecular complexity index is 857. The second kappa shape index (κ2) is 6.08.